The molecule has 0 aromatic carbocycles. The van der Waals surface area contributed by atoms with E-state index in [1.165, 1.54) is 0 Å². The van der Waals surface area contributed by atoms with E-state index in [4.69, 9.17) is 10.2 Å². The molecule has 1 aliphatic rings. The number of nitrogens with zero attached hydrogens (tertiary/aromatic N) is 1. The van der Waals surface area contributed by atoms with Crippen LogP contribution < -0.4 is 0 Å². The summed E-state index contributed by atoms with van der Waals surface area (Å²) in [5, 5.41) is 17.5. The van der Waals surface area contributed by atoms with Gasteiger partial charge in [0, 0.05) is 6.54 Å². The molecule has 0 bridgehead atoms. The molecule has 0 aromatic rings. The first-order chi connectivity index (χ1) is 6.02. The summed E-state index contributed by atoms with van der Waals surface area (Å²) in [5.74, 6) is -3.51. The highest BCUT2D eigenvalue weighted by Crippen LogP contribution is 2.23. The third-order valence-electron chi connectivity index (χ3n) is 2.45. The molecule has 0 spiro atoms. The predicted octanol–water partition coefficient (Wildman–Crippen LogP) is -0.276. The van der Waals surface area contributed by atoms with Crippen molar-refractivity contribution in [3.8, 4) is 0 Å². The number of hydrogen-bond acceptors (Lipinski definition) is 3. The van der Waals surface area contributed by atoms with Gasteiger partial charge in [-0.05, 0) is 20.0 Å². The molecule has 1 fully saturated rings. The minimum Gasteiger partial charge on any atom is -0.481 e. The van der Waals surface area contributed by atoms with E-state index < -0.39 is 23.8 Å². The van der Waals surface area contributed by atoms with Crippen molar-refractivity contribution in [2.75, 3.05) is 20.1 Å². The van der Waals surface area contributed by atoms with Crippen molar-refractivity contribution in [3.05, 3.63) is 0 Å². The largest absolute Gasteiger partial charge is 0.481 e. The quantitative estimate of drug-likeness (QED) is 0.621. The number of carbonyl (C=O) groups is 2. The Bertz CT molecular complexity index is 228. The Morgan fingerprint density at radius 3 is 2.23 bits per heavy atom. The van der Waals surface area contributed by atoms with Crippen molar-refractivity contribution in [2.45, 2.75) is 6.42 Å². The summed E-state index contributed by atoms with van der Waals surface area (Å²) in [7, 11) is 1.80. The molecule has 13 heavy (non-hydrogen) atoms. The van der Waals surface area contributed by atoms with E-state index >= 15 is 0 Å². The van der Waals surface area contributed by atoms with Gasteiger partial charge in [-0.3, -0.25) is 9.59 Å². The van der Waals surface area contributed by atoms with E-state index in [0.29, 0.717) is 19.5 Å². The number of carboxylic acids is 2. The average Bonchev–Trinajstić information content (AvgIpc) is 2.03. The number of likely N-dealkylation sites (tertiary alicyclic amines) is 1. The molecule has 2 atom stereocenters. The normalized spacial score (nSPS) is 29.9. The highest BCUT2D eigenvalue weighted by atomic mass is 16.4. The molecular formula is C8H13NO4. The van der Waals surface area contributed by atoms with Gasteiger partial charge < -0.3 is 15.1 Å². The molecule has 0 aliphatic carbocycles. The molecule has 2 N–H and O–H groups in total. The predicted molar refractivity (Wildman–Crippen MR) is 44.4 cm³/mol. The molecule has 1 saturated heterocycles. The fourth-order valence-corrected chi connectivity index (χ4v) is 1.66. The number of hydrogen-bond donors (Lipinski definition) is 2. The third-order valence-corrected chi connectivity index (χ3v) is 2.45. The second-order valence-electron chi connectivity index (χ2n) is 3.44. The highest BCUT2D eigenvalue weighted by Gasteiger charge is 2.37. The van der Waals surface area contributed by atoms with Crippen LogP contribution in [0.15, 0.2) is 0 Å². The van der Waals surface area contributed by atoms with Gasteiger partial charge in [-0.15, -0.1) is 0 Å². The van der Waals surface area contributed by atoms with Crippen LogP contribution in [0.3, 0.4) is 0 Å². The fraction of sp³-hybridized carbons (Fsp3) is 0.750. The molecule has 0 radical (unpaired) electrons. The van der Waals surface area contributed by atoms with Crippen LogP contribution in [0.5, 0.6) is 0 Å². The van der Waals surface area contributed by atoms with Crippen LogP contribution in [0, 0.1) is 11.8 Å². The molecule has 0 aromatic heterocycles. The van der Waals surface area contributed by atoms with Crippen LogP contribution in [-0.4, -0.2) is 47.2 Å². The number of piperidine rings is 1. The summed E-state index contributed by atoms with van der Waals surface area (Å²) in [5.41, 5.74) is 0. The molecule has 0 unspecified atom stereocenters. The van der Waals surface area contributed by atoms with Gasteiger partial charge in [-0.25, -0.2) is 0 Å². The Hall–Kier alpha value is -1.10. The van der Waals surface area contributed by atoms with E-state index in [1.807, 2.05) is 4.90 Å². The monoisotopic (exact) mass is 187 g/mol. The van der Waals surface area contributed by atoms with E-state index in [2.05, 4.69) is 0 Å². The minimum atomic E-state index is -1.01. The Morgan fingerprint density at radius 2 is 1.77 bits per heavy atom. The van der Waals surface area contributed by atoms with Gasteiger partial charge in [0.25, 0.3) is 0 Å². The standard InChI is InChI=1S/C8H13NO4/c1-9-3-2-5(7(10)11)6(4-9)8(12)13/h5-6H,2-4H2,1H3,(H,10,11)(H,12,13)/t5-,6+/m0/s1. The topological polar surface area (TPSA) is 77.8 Å². The summed E-state index contributed by atoms with van der Waals surface area (Å²) in [4.78, 5) is 23.3. The maximum Gasteiger partial charge on any atom is 0.308 e. The number of rotatable bonds is 2. The lowest BCUT2D eigenvalue weighted by Gasteiger charge is -2.31. The van der Waals surface area contributed by atoms with Crippen LogP contribution in [-0.2, 0) is 9.59 Å². The van der Waals surface area contributed by atoms with Gasteiger partial charge in [-0.1, -0.05) is 0 Å². The van der Waals surface area contributed by atoms with E-state index in [-0.39, 0.29) is 0 Å². The van der Waals surface area contributed by atoms with Gasteiger partial charge in [-0.2, -0.15) is 0 Å². The molecule has 1 aliphatic heterocycles. The fourth-order valence-electron chi connectivity index (χ4n) is 1.66. The highest BCUT2D eigenvalue weighted by molar-refractivity contribution is 5.80. The van der Waals surface area contributed by atoms with Crippen molar-refractivity contribution in [2.24, 2.45) is 11.8 Å². The summed E-state index contributed by atoms with van der Waals surface area (Å²) >= 11 is 0. The van der Waals surface area contributed by atoms with Crippen LogP contribution in [0.4, 0.5) is 0 Å². The first kappa shape index (κ1) is 9.98. The second-order valence-corrected chi connectivity index (χ2v) is 3.44. The van der Waals surface area contributed by atoms with Crippen LogP contribution in [0.2, 0.25) is 0 Å². The summed E-state index contributed by atoms with van der Waals surface area (Å²) in [6.45, 7) is 0.979. The lowest BCUT2D eigenvalue weighted by Crippen LogP contribution is -2.44. The zero-order valence-corrected chi connectivity index (χ0v) is 7.43. The zero-order valence-electron chi connectivity index (χ0n) is 7.43. The molecule has 1 rings (SSSR count). The summed E-state index contributed by atoms with van der Waals surface area (Å²) < 4.78 is 0. The molecule has 0 amide bonds. The van der Waals surface area contributed by atoms with Crippen molar-refractivity contribution >= 4 is 11.9 Å². The maximum atomic E-state index is 10.7. The molecule has 1 heterocycles. The number of aliphatic carboxylic acids is 2. The van der Waals surface area contributed by atoms with E-state index in [1.54, 1.807) is 7.05 Å². The lowest BCUT2D eigenvalue weighted by molar-refractivity contribution is -0.156. The van der Waals surface area contributed by atoms with E-state index in [0.717, 1.165) is 0 Å². The Balaban J connectivity index is 2.72. The Labute approximate surface area is 76.0 Å². The lowest BCUT2D eigenvalue weighted by atomic mass is 9.86. The Kier molecular flexibility index (Phi) is 2.87. The van der Waals surface area contributed by atoms with Gasteiger partial charge in [0.1, 0.15) is 0 Å². The minimum absolute atomic E-state index is 0.326. The first-order valence-corrected chi connectivity index (χ1v) is 4.16. The molecule has 5 heteroatoms. The summed E-state index contributed by atoms with van der Waals surface area (Å²) in [6, 6.07) is 0. The van der Waals surface area contributed by atoms with Gasteiger partial charge in [0.05, 0.1) is 11.8 Å². The number of carboxylic acid groups (broad SMARTS) is 2. The zero-order chi connectivity index (χ0) is 10.0. The van der Waals surface area contributed by atoms with E-state index in [9.17, 15) is 9.59 Å². The van der Waals surface area contributed by atoms with Crippen molar-refractivity contribution in [1.82, 2.24) is 4.90 Å². The van der Waals surface area contributed by atoms with Gasteiger partial charge in [0.2, 0.25) is 0 Å². The Morgan fingerprint density at radius 1 is 1.23 bits per heavy atom. The molecular weight excluding hydrogens is 174 g/mol. The van der Waals surface area contributed by atoms with Crippen molar-refractivity contribution in [3.63, 3.8) is 0 Å². The third kappa shape index (κ3) is 2.18. The molecule has 5 nitrogen and oxygen atoms in total. The van der Waals surface area contributed by atoms with Crippen molar-refractivity contribution in [1.29, 1.82) is 0 Å². The molecule has 0 saturated carbocycles. The van der Waals surface area contributed by atoms with Crippen LogP contribution >= 0.6 is 0 Å². The van der Waals surface area contributed by atoms with Crippen LogP contribution in [0.25, 0.3) is 0 Å². The summed E-state index contributed by atoms with van der Waals surface area (Å²) in [6.07, 6.45) is 0.419. The molecule has 74 valence electrons. The SMILES string of the molecule is CN1CC[C@H](C(=O)O)[C@H](C(=O)O)C1. The van der Waals surface area contributed by atoms with Gasteiger partial charge in [0.15, 0.2) is 0 Å². The van der Waals surface area contributed by atoms with Crippen molar-refractivity contribution < 1.29 is 19.8 Å². The van der Waals surface area contributed by atoms with Crippen LogP contribution in [0.1, 0.15) is 6.42 Å². The smallest absolute Gasteiger partial charge is 0.308 e. The first-order valence-electron chi connectivity index (χ1n) is 4.16. The maximum absolute atomic E-state index is 10.7. The van der Waals surface area contributed by atoms with Gasteiger partial charge >= 0.3 is 11.9 Å². The second kappa shape index (κ2) is 3.74. The average molecular weight is 187 g/mol.